The molecule has 1 amide bonds. The molecule has 3 unspecified atom stereocenters. The number of amides is 1. The fourth-order valence-corrected chi connectivity index (χ4v) is 8.70. The van der Waals surface area contributed by atoms with Gasteiger partial charge in [-0.15, -0.1) is 0 Å². The van der Waals surface area contributed by atoms with Crippen molar-refractivity contribution in [2.75, 3.05) is 6.61 Å². The molecule has 0 heterocycles. The van der Waals surface area contributed by atoms with Crippen molar-refractivity contribution in [2.45, 2.75) is 321 Å². The van der Waals surface area contributed by atoms with Crippen molar-refractivity contribution >= 4 is 5.91 Å². The molecule has 5 nitrogen and oxygen atoms in total. The van der Waals surface area contributed by atoms with E-state index < -0.39 is 18.2 Å². The molecule has 0 saturated heterocycles. The SMILES string of the molecule is CCCCCCCCCCCCCCC/C=C/CCCC(O)C(O)C(CO)NC(=O)CCCCCCCCCCCCCCCCCCCCCCCCCCCCC. The molecule has 0 aromatic rings. The topological polar surface area (TPSA) is 89.8 Å². The summed E-state index contributed by atoms with van der Waals surface area (Å²) in [6, 6.07) is -0.822. The molecule has 0 saturated carbocycles. The Morgan fingerprint density at radius 1 is 0.407 bits per heavy atom. The van der Waals surface area contributed by atoms with Crippen LogP contribution in [0.2, 0.25) is 0 Å². The Morgan fingerprint density at radius 3 is 0.983 bits per heavy atom. The average molecular weight is 834 g/mol. The number of hydrogen-bond acceptors (Lipinski definition) is 4. The van der Waals surface area contributed by atoms with Gasteiger partial charge in [-0.1, -0.05) is 270 Å². The Kier molecular flexibility index (Phi) is 49.0. The summed E-state index contributed by atoms with van der Waals surface area (Å²) in [5.74, 6) is -0.147. The van der Waals surface area contributed by atoms with Crippen molar-refractivity contribution in [3.8, 4) is 0 Å². The second-order valence-corrected chi connectivity index (χ2v) is 18.8. The number of aliphatic hydroxyl groups excluding tert-OH is 3. The van der Waals surface area contributed by atoms with E-state index in [-0.39, 0.29) is 12.5 Å². The largest absolute Gasteiger partial charge is 0.394 e. The molecule has 59 heavy (non-hydrogen) atoms. The van der Waals surface area contributed by atoms with Gasteiger partial charge in [0.15, 0.2) is 0 Å². The van der Waals surface area contributed by atoms with E-state index in [9.17, 15) is 20.1 Å². The zero-order valence-electron chi connectivity index (χ0n) is 40.2. The van der Waals surface area contributed by atoms with Gasteiger partial charge in [-0.05, 0) is 38.5 Å². The number of unbranched alkanes of at least 4 members (excludes halogenated alkanes) is 40. The van der Waals surface area contributed by atoms with E-state index in [1.807, 2.05) is 0 Å². The first-order valence-electron chi connectivity index (χ1n) is 27.0. The Morgan fingerprint density at radius 2 is 0.678 bits per heavy atom. The zero-order valence-corrected chi connectivity index (χ0v) is 40.2. The smallest absolute Gasteiger partial charge is 0.220 e. The third kappa shape index (κ3) is 44.9. The number of allylic oxidation sites excluding steroid dienone is 2. The van der Waals surface area contributed by atoms with Crippen molar-refractivity contribution in [1.29, 1.82) is 0 Å². The van der Waals surface area contributed by atoms with Crippen molar-refractivity contribution in [3.63, 3.8) is 0 Å². The van der Waals surface area contributed by atoms with E-state index in [1.165, 1.54) is 238 Å². The van der Waals surface area contributed by atoms with E-state index in [0.717, 1.165) is 38.5 Å². The van der Waals surface area contributed by atoms with Gasteiger partial charge in [0.1, 0.15) is 6.10 Å². The van der Waals surface area contributed by atoms with Crippen LogP contribution in [0.5, 0.6) is 0 Å². The molecule has 0 fully saturated rings. The highest BCUT2D eigenvalue weighted by Gasteiger charge is 2.26. The number of rotatable bonds is 50. The summed E-state index contributed by atoms with van der Waals surface area (Å²) < 4.78 is 0. The zero-order chi connectivity index (χ0) is 43.0. The van der Waals surface area contributed by atoms with Gasteiger partial charge in [-0.25, -0.2) is 0 Å². The Balaban J connectivity index is 3.53. The standard InChI is InChI=1S/C54H107NO4/c1-3-5-7-9-11-13-15-17-19-21-23-24-25-26-27-28-29-30-31-33-35-37-39-41-43-45-47-49-53(58)55-51(50-56)54(59)52(57)48-46-44-42-40-38-36-34-32-22-20-18-16-14-12-10-8-6-4-2/h40,42,51-52,54,56-57,59H,3-39,41,43-50H2,1-2H3,(H,55,58)/b42-40+. The number of hydrogen-bond donors (Lipinski definition) is 4. The van der Waals surface area contributed by atoms with Gasteiger partial charge in [-0.2, -0.15) is 0 Å². The third-order valence-electron chi connectivity index (χ3n) is 12.9. The van der Waals surface area contributed by atoms with Crippen molar-refractivity contribution in [3.05, 3.63) is 12.2 Å². The van der Waals surface area contributed by atoms with Crippen LogP contribution in [0.15, 0.2) is 12.2 Å². The number of nitrogens with one attached hydrogen (secondary N) is 1. The molecule has 0 aliphatic heterocycles. The first-order valence-corrected chi connectivity index (χ1v) is 27.0. The summed E-state index contributed by atoms with van der Waals surface area (Å²) in [5.41, 5.74) is 0. The second-order valence-electron chi connectivity index (χ2n) is 18.8. The molecule has 0 spiro atoms. The Hall–Kier alpha value is -0.910. The molecule has 0 bridgehead atoms. The first kappa shape index (κ1) is 58.1. The van der Waals surface area contributed by atoms with Gasteiger partial charge < -0.3 is 20.6 Å². The summed E-state index contributed by atoms with van der Waals surface area (Å²) in [7, 11) is 0. The van der Waals surface area contributed by atoms with Gasteiger partial charge in [-0.3, -0.25) is 4.79 Å². The highest BCUT2D eigenvalue weighted by Crippen LogP contribution is 2.18. The lowest BCUT2D eigenvalue weighted by atomic mass is 10.0. The second kappa shape index (κ2) is 49.7. The molecule has 4 N–H and O–H groups in total. The fraction of sp³-hybridized carbons (Fsp3) is 0.944. The van der Waals surface area contributed by atoms with Crippen LogP contribution in [0.4, 0.5) is 0 Å². The molecule has 0 aliphatic rings. The summed E-state index contributed by atoms with van der Waals surface area (Å²) in [4.78, 5) is 12.5. The van der Waals surface area contributed by atoms with Crippen LogP contribution in [0.1, 0.15) is 303 Å². The highest BCUT2D eigenvalue weighted by molar-refractivity contribution is 5.76. The maximum Gasteiger partial charge on any atom is 0.220 e. The summed E-state index contributed by atoms with van der Waals surface area (Å²) in [5, 5.41) is 33.7. The molecule has 0 aromatic carbocycles. The Labute approximate surface area is 369 Å². The summed E-state index contributed by atoms with van der Waals surface area (Å²) in [6.45, 7) is 4.20. The van der Waals surface area contributed by atoms with Crippen LogP contribution in [-0.4, -0.2) is 46.1 Å². The van der Waals surface area contributed by atoms with E-state index >= 15 is 0 Å². The fourth-order valence-electron chi connectivity index (χ4n) is 8.70. The lowest BCUT2D eigenvalue weighted by Crippen LogP contribution is -2.50. The molecular weight excluding hydrogens is 727 g/mol. The van der Waals surface area contributed by atoms with E-state index in [1.54, 1.807) is 0 Å². The lowest BCUT2D eigenvalue weighted by molar-refractivity contribution is -0.124. The van der Waals surface area contributed by atoms with Crippen LogP contribution in [0, 0.1) is 0 Å². The van der Waals surface area contributed by atoms with Gasteiger partial charge in [0.2, 0.25) is 5.91 Å². The van der Waals surface area contributed by atoms with Gasteiger partial charge in [0.25, 0.3) is 0 Å². The average Bonchev–Trinajstić information content (AvgIpc) is 3.24. The lowest BCUT2D eigenvalue weighted by Gasteiger charge is -2.26. The molecule has 0 rings (SSSR count). The highest BCUT2D eigenvalue weighted by atomic mass is 16.3. The van der Waals surface area contributed by atoms with E-state index in [4.69, 9.17) is 0 Å². The minimum atomic E-state index is -1.16. The summed E-state index contributed by atoms with van der Waals surface area (Å²) >= 11 is 0. The minimum Gasteiger partial charge on any atom is -0.394 e. The van der Waals surface area contributed by atoms with Gasteiger partial charge in [0.05, 0.1) is 18.8 Å². The Bertz CT molecular complexity index is 833. The number of carbonyl (C=O) groups excluding carboxylic acids is 1. The molecule has 5 heteroatoms. The summed E-state index contributed by atoms with van der Waals surface area (Å²) in [6.07, 6.45) is 60.8. The number of carbonyl (C=O) groups is 1. The van der Waals surface area contributed by atoms with Crippen LogP contribution < -0.4 is 5.32 Å². The van der Waals surface area contributed by atoms with Crippen molar-refractivity contribution in [1.82, 2.24) is 5.32 Å². The number of aliphatic hydroxyl groups is 3. The van der Waals surface area contributed by atoms with Crippen LogP contribution in [0.25, 0.3) is 0 Å². The first-order chi connectivity index (χ1) is 29.1. The van der Waals surface area contributed by atoms with Gasteiger partial charge >= 0.3 is 0 Å². The molecule has 3 atom stereocenters. The van der Waals surface area contributed by atoms with Crippen LogP contribution in [-0.2, 0) is 4.79 Å². The predicted octanol–water partition coefficient (Wildman–Crippen LogP) is 16.3. The van der Waals surface area contributed by atoms with Crippen molar-refractivity contribution in [2.24, 2.45) is 0 Å². The quantitative estimate of drug-likeness (QED) is 0.0363. The van der Waals surface area contributed by atoms with Crippen LogP contribution in [0.3, 0.4) is 0 Å². The molecule has 352 valence electrons. The molecule has 0 aromatic heterocycles. The third-order valence-corrected chi connectivity index (χ3v) is 12.9. The minimum absolute atomic E-state index is 0.147. The predicted molar refractivity (Wildman–Crippen MR) is 259 cm³/mol. The maximum absolute atomic E-state index is 12.5. The van der Waals surface area contributed by atoms with E-state index in [2.05, 4.69) is 31.3 Å². The monoisotopic (exact) mass is 834 g/mol. The van der Waals surface area contributed by atoms with E-state index in [0.29, 0.717) is 12.8 Å². The van der Waals surface area contributed by atoms with Crippen LogP contribution >= 0.6 is 0 Å². The molecule has 0 radical (unpaired) electrons. The normalized spacial score (nSPS) is 13.4. The van der Waals surface area contributed by atoms with Crippen molar-refractivity contribution < 1.29 is 20.1 Å². The molecular formula is C54H107NO4. The maximum atomic E-state index is 12.5. The molecule has 0 aliphatic carbocycles. The van der Waals surface area contributed by atoms with Gasteiger partial charge in [0, 0.05) is 6.42 Å².